The molecule has 0 saturated carbocycles. The van der Waals surface area contributed by atoms with Gasteiger partial charge >= 0.3 is 0 Å². The molecule has 0 unspecified atom stereocenters. The standard InChI is InChI=1S/C24H24ClN7O2/c1-16(2)34-20-9-3-17(4-10-20)24(33)31-13-11-30(12-14-31)22-21-23(27-15-26-22)32(29-28-21)19-7-5-18(25)6-8-19/h3-10,15-16H,11-14H2,1-2H3. The number of amides is 1. The third-order valence-corrected chi connectivity index (χ3v) is 5.88. The zero-order valence-corrected chi connectivity index (χ0v) is 19.7. The number of hydrogen-bond donors (Lipinski definition) is 0. The number of nitrogens with zero attached hydrogens (tertiary/aromatic N) is 7. The van der Waals surface area contributed by atoms with Crippen molar-refractivity contribution in [2.45, 2.75) is 20.0 Å². The van der Waals surface area contributed by atoms with Crippen LogP contribution in [0.4, 0.5) is 5.82 Å². The van der Waals surface area contributed by atoms with Gasteiger partial charge in [-0.1, -0.05) is 16.8 Å². The monoisotopic (exact) mass is 477 g/mol. The van der Waals surface area contributed by atoms with Gasteiger partial charge in [0.15, 0.2) is 17.0 Å². The van der Waals surface area contributed by atoms with Gasteiger partial charge in [0.2, 0.25) is 0 Å². The predicted octanol–water partition coefficient (Wildman–Crippen LogP) is 3.61. The van der Waals surface area contributed by atoms with Crippen LogP contribution in [-0.2, 0) is 0 Å². The first-order valence-corrected chi connectivity index (χ1v) is 11.5. The molecule has 1 amide bonds. The van der Waals surface area contributed by atoms with Crippen LogP contribution in [-0.4, -0.2) is 68.1 Å². The van der Waals surface area contributed by atoms with Crippen LogP contribution in [0.2, 0.25) is 5.02 Å². The van der Waals surface area contributed by atoms with Gasteiger partial charge in [0, 0.05) is 36.8 Å². The van der Waals surface area contributed by atoms with E-state index in [1.807, 2.05) is 55.1 Å². The Kier molecular flexibility index (Phi) is 6.02. The first-order valence-electron chi connectivity index (χ1n) is 11.1. The lowest BCUT2D eigenvalue weighted by Crippen LogP contribution is -2.49. The second-order valence-corrected chi connectivity index (χ2v) is 8.75. The number of hydrogen-bond acceptors (Lipinski definition) is 7. The van der Waals surface area contributed by atoms with Crippen molar-refractivity contribution in [1.29, 1.82) is 0 Å². The molecule has 1 aliphatic rings. The Hall–Kier alpha value is -3.72. The summed E-state index contributed by atoms with van der Waals surface area (Å²) in [4.78, 5) is 25.8. The minimum atomic E-state index is 0.0114. The van der Waals surface area contributed by atoms with Gasteiger partial charge in [0.1, 0.15) is 12.1 Å². The molecule has 4 aromatic rings. The summed E-state index contributed by atoms with van der Waals surface area (Å²) in [7, 11) is 0. The van der Waals surface area contributed by atoms with Crippen molar-refractivity contribution in [2.75, 3.05) is 31.1 Å². The van der Waals surface area contributed by atoms with Crippen molar-refractivity contribution in [1.82, 2.24) is 29.9 Å². The smallest absolute Gasteiger partial charge is 0.253 e. The van der Waals surface area contributed by atoms with Crippen LogP contribution in [0.15, 0.2) is 54.9 Å². The largest absolute Gasteiger partial charge is 0.491 e. The lowest BCUT2D eigenvalue weighted by molar-refractivity contribution is 0.0746. The average molecular weight is 478 g/mol. The molecule has 174 valence electrons. The molecule has 1 fully saturated rings. The number of ether oxygens (including phenoxy) is 1. The molecule has 9 nitrogen and oxygen atoms in total. The maximum absolute atomic E-state index is 13.0. The van der Waals surface area contributed by atoms with E-state index in [0.29, 0.717) is 53.7 Å². The highest BCUT2D eigenvalue weighted by molar-refractivity contribution is 6.30. The molecule has 0 aliphatic carbocycles. The predicted molar refractivity (Wildman–Crippen MR) is 130 cm³/mol. The summed E-state index contributed by atoms with van der Waals surface area (Å²) in [6.45, 7) is 6.39. The van der Waals surface area contributed by atoms with Crippen molar-refractivity contribution in [2.24, 2.45) is 0 Å². The molecule has 0 atom stereocenters. The topological polar surface area (TPSA) is 89.3 Å². The van der Waals surface area contributed by atoms with E-state index in [-0.39, 0.29) is 12.0 Å². The number of piperazine rings is 1. The fourth-order valence-corrected chi connectivity index (χ4v) is 4.10. The Morgan fingerprint density at radius 2 is 1.68 bits per heavy atom. The summed E-state index contributed by atoms with van der Waals surface area (Å²) in [5.74, 6) is 1.49. The molecular weight excluding hydrogens is 454 g/mol. The molecule has 0 bridgehead atoms. The van der Waals surface area contributed by atoms with Crippen LogP contribution in [0.5, 0.6) is 5.75 Å². The van der Waals surface area contributed by atoms with Crippen LogP contribution in [0.1, 0.15) is 24.2 Å². The molecule has 1 aliphatic heterocycles. The van der Waals surface area contributed by atoms with Gasteiger partial charge in [-0.15, -0.1) is 5.10 Å². The molecule has 0 spiro atoms. The van der Waals surface area contributed by atoms with E-state index >= 15 is 0 Å². The SMILES string of the molecule is CC(C)Oc1ccc(C(=O)N2CCN(c3ncnc4c3nnn4-c3ccc(Cl)cc3)CC2)cc1. The van der Waals surface area contributed by atoms with Crippen molar-refractivity contribution in [3.63, 3.8) is 0 Å². The normalized spacial score (nSPS) is 14.1. The van der Waals surface area contributed by atoms with Gasteiger partial charge in [-0.2, -0.15) is 4.68 Å². The number of fused-ring (bicyclic) bond motifs is 1. The molecule has 10 heteroatoms. The van der Waals surface area contributed by atoms with Gasteiger partial charge in [-0.3, -0.25) is 4.79 Å². The van der Waals surface area contributed by atoms with Crippen molar-refractivity contribution < 1.29 is 9.53 Å². The van der Waals surface area contributed by atoms with E-state index in [2.05, 4.69) is 25.2 Å². The second-order valence-electron chi connectivity index (χ2n) is 8.32. The number of anilines is 1. The average Bonchev–Trinajstić information content (AvgIpc) is 3.29. The third-order valence-electron chi connectivity index (χ3n) is 5.63. The zero-order chi connectivity index (χ0) is 23.7. The summed E-state index contributed by atoms with van der Waals surface area (Å²) in [5.41, 5.74) is 2.71. The van der Waals surface area contributed by atoms with Gasteiger partial charge in [0.25, 0.3) is 5.91 Å². The lowest BCUT2D eigenvalue weighted by atomic mass is 10.1. The van der Waals surface area contributed by atoms with E-state index in [1.165, 1.54) is 6.33 Å². The molecule has 0 N–H and O–H groups in total. The van der Waals surface area contributed by atoms with Crippen LogP contribution >= 0.6 is 11.6 Å². The van der Waals surface area contributed by atoms with Gasteiger partial charge in [-0.25, -0.2) is 9.97 Å². The maximum atomic E-state index is 13.0. The molecule has 5 rings (SSSR count). The van der Waals surface area contributed by atoms with Crippen LogP contribution in [0.3, 0.4) is 0 Å². The van der Waals surface area contributed by atoms with E-state index in [4.69, 9.17) is 16.3 Å². The van der Waals surface area contributed by atoms with Gasteiger partial charge in [-0.05, 0) is 62.4 Å². The number of carbonyl (C=O) groups is 1. The highest BCUT2D eigenvalue weighted by Crippen LogP contribution is 2.24. The van der Waals surface area contributed by atoms with Gasteiger partial charge < -0.3 is 14.5 Å². The Morgan fingerprint density at radius 1 is 0.971 bits per heavy atom. The lowest BCUT2D eigenvalue weighted by Gasteiger charge is -2.35. The molecule has 3 heterocycles. The number of rotatable bonds is 5. The van der Waals surface area contributed by atoms with E-state index < -0.39 is 0 Å². The fourth-order valence-electron chi connectivity index (χ4n) is 3.98. The van der Waals surface area contributed by atoms with E-state index in [1.54, 1.807) is 16.8 Å². The second kappa shape index (κ2) is 9.26. The molecule has 2 aromatic carbocycles. The number of halogens is 1. The highest BCUT2D eigenvalue weighted by Gasteiger charge is 2.25. The van der Waals surface area contributed by atoms with Gasteiger partial charge in [0.05, 0.1) is 11.8 Å². The van der Waals surface area contributed by atoms with Crippen molar-refractivity contribution >= 4 is 34.5 Å². The van der Waals surface area contributed by atoms with Crippen molar-refractivity contribution in [3.8, 4) is 11.4 Å². The molecular formula is C24H24ClN7O2. The Balaban J connectivity index is 1.29. The Labute approximate surface area is 201 Å². The van der Waals surface area contributed by atoms with Crippen molar-refractivity contribution in [3.05, 3.63) is 65.4 Å². The van der Waals surface area contributed by atoms with E-state index in [9.17, 15) is 4.79 Å². The molecule has 2 aromatic heterocycles. The summed E-state index contributed by atoms with van der Waals surface area (Å²) in [5, 5.41) is 9.27. The zero-order valence-electron chi connectivity index (χ0n) is 18.9. The molecule has 34 heavy (non-hydrogen) atoms. The minimum absolute atomic E-state index is 0.0114. The first kappa shape index (κ1) is 22.1. The van der Waals surface area contributed by atoms with Crippen LogP contribution in [0.25, 0.3) is 16.9 Å². The molecule has 1 saturated heterocycles. The summed E-state index contributed by atoms with van der Waals surface area (Å²) >= 11 is 6.00. The first-order chi connectivity index (χ1) is 16.5. The quantitative estimate of drug-likeness (QED) is 0.433. The molecule has 0 radical (unpaired) electrons. The summed E-state index contributed by atoms with van der Waals surface area (Å²) in [6, 6.07) is 14.6. The maximum Gasteiger partial charge on any atom is 0.253 e. The number of benzene rings is 2. The highest BCUT2D eigenvalue weighted by atomic mass is 35.5. The summed E-state index contributed by atoms with van der Waals surface area (Å²) < 4.78 is 7.34. The van der Waals surface area contributed by atoms with Crippen LogP contribution < -0.4 is 9.64 Å². The summed E-state index contributed by atoms with van der Waals surface area (Å²) in [6.07, 6.45) is 1.61. The van der Waals surface area contributed by atoms with E-state index in [0.717, 1.165) is 11.4 Å². The Bertz CT molecular complexity index is 1300. The fraction of sp³-hybridized carbons (Fsp3) is 0.292. The number of aromatic nitrogens is 5. The Morgan fingerprint density at radius 3 is 2.35 bits per heavy atom. The minimum Gasteiger partial charge on any atom is -0.491 e. The number of carbonyl (C=O) groups excluding carboxylic acids is 1. The third kappa shape index (κ3) is 4.38. The van der Waals surface area contributed by atoms with Crippen LogP contribution in [0, 0.1) is 0 Å².